The molecular weight excluding hydrogens is 392 g/mol. The van der Waals surface area contributed by atoms with E-state index < -0.39 is 17.9 Å². The molecule has 0 saturated carbocycles. The zero-order valence-electron chi connectivity index (χ0n) is 17.3. The Morgan fingerprint density at radius 2 is 1.30 bits per heavy atom. The largest absolute Gasteiger partial charge is 0.466 e. The third kappa shape index (κ3) is 8.55. The van der Waals surface area contributed by atoms with E-state index in [1.165, 1.54) is 21.3 Å². The molecule has 2 bridgehead atoms. The van der Waals surface area contributed by atoms with Crippen LogP contribution < -0.4 is 0 Å². The molecular formula is C22H24O8. The average molecular weight is 416 g/mol. The first-order valence-corrected chi connectivity index (χ1v) is 8.82. The van der Waals surface area contributed by atoms with E-state index >= 15 is 0 Å². The van der Waals surface area contributed by atoms with Crippen LogP contribution in [-0.2, 0) is 38.2 Å². The fourth-order valence-corrected chi connectivity index (χ4v) is 2.82. The molecule has 0 amide bonds. The molecule has 0 aromatic carbocycles. The maximum Gasteiger partial charge on any atom is 0.384 e. The van der Waals surface area contributed by atoms with Gasteiger partial charge in [-0.1, -0.05) is 42.4 Å². The monoisotopic (exact) mass is 416 g/mol. The van der Waals surface area contributed by atoms with Crippen molar-refractivity contribution in [3.05, 3.63) is 47.6 Å². The van der Waals surface area contributed by atoms with E-state index in [0.29, 0.717) is 11.1 Å². The lowest BCUT2D eigenvalue weighted by molar-refractivity contribution is -0.191. The first kappa shape index (κ1) is 26.3. The van der Waals surface area contributed by atoms with Crippen LogP contribution in [0.4, 0.5) is 0 Å². The third-order valence-corrected chi connectivity index (χ3v) is 3.99. The predicted molar refractivity (Wildman–Crippen MR) is 105 cm³/mol. The standard InChI is InChI=1S/C11H12O4.C5H6O2.C5H6.CO2/c1-14-10(12)8-6-3-4-7(5-6)9(8)11(13)15-2;1-3-4-5(6)7-2;1-2-4-5-3-1;2-1-3/h3-4,6-7H,5H2,1-2H3;1-2H3;1-4H,5H2;. The second-order valence-corrected chi connectivity index (χ2v) is 5.69. The summed E-state index contributed by atoms with van der Waals surface area (Å²) in [6.45, 7) is 1.58. The minimum Gasteiger partial charge on any atom is -0.466 e. The van der Waals surface area contributed by atoms with Crippen molar-refractivity contribution >= 4 is 24.1 Å². The lowest BCUT2D eigenvalue weighted by atomic mass is 9.97. The Morgan fingerprint density at radius 1 is 0.867 bits per heavy atom. The Hall–Kier alpha value is -3.69. The van der Waals surface area contributed by atoms with Gasteiger partial charge in [0, 0.05) is 17.8 Å². The lowest BCUT2D eigenvalue weighted by Gasteiger charge is -2.12. The molecule has 30 heavy (non-hydrogen) atoms. The molecule has 2 atom stereocenters. The maximum atomic E-state index is 11.5. The topological polar surface area (TPSA) is 113 Å². The lowest BCUT2D eigenvalue weighted by Crippen LogP contribution is -2.17. The van der Waals surface area contributed by atoms with Crippen LogP contribution in [-0.4, -0.2) is 45.4 Å². The molecule has 0 heterocycles. The van der Waals surface area contributed by atoms with E-state index in [9.17, 15) is 14.4 Å². The van der Waals surface area contributed by atoms with Crippen molar-refractivity contribution in [2.24, 2.45) is 11.8 Å². The van der Waals surface area contributed by atoms with E-state index in [1.54, 1.807) is 6.92 Å². The summed E-state index contributed by atoms with van der Waals surface area (Å²) in [7, 11) is 3.94. The van der Waals surface area contributed by atoms with Crippen molar-refractivity contribution in [2.75, 3.05) is 21.3 Å². The normalized spacial score (nSPS) is 18.1. The van der Waals surface area contributed by atoms with Crippen molar-refractivity contribution in [3.8, 4) is 11.8 Å². The number of fused-ring (bicyclic) bond motifs is 2. The average Bonchev–Trinajstić information content (AvgIpc) is 3.53. The van der Waals surface area contributed by atoms with Gasteiger partial charge in [-0.05, 0) is 19.8 Å². The van der Waals surface area contributed by atoms with Gasteiger partial charge in [0.05, 0.1) is 32.5 Å². The summed E-state index contributed by atoms with van der Waals surface area (Å²) in [5, 5.41) is 0. The number of ether oxygens (including phenoxy) is 3. The summed E-state index contributed by atoms with van der Waals surface area (Å²) in [4.78, 5) is 49.3. The Morgan fingerprint density at radius 3 is 1.53 bits per heavy atom. The molecule has 0 aromatic heterocycles. The highest BCUT2D eigenvalue weighted by Crippen LogP contribution is 2.44. The van der Waals surface area contributed by atoms with Crippen molar-refractivity contribution in [2.45, 2.75) is 19.8 Å². The van der Waals surface area contributed by atoms with Gasteiger partial charge in [0.2, 0.25) is 0 Å². The van der Waals surface area contributed by atoms with Crippen LogP contribution in [0.15, 0.2) is 47.6 Å². The molecule has 160 valence electrons. The van der Waals surface area contributed by atoms with Crippen molar-refractivity contribution in [3.63, 3.8) is 0 Å². The van der Waals surface area contributed by atoms with Gasteiger partial charge >= 0.3 is 24.1 Å². The quantitative estimate of drug-likeness (QED) is 0.221. The number of allylic oxidation sites excluding steroid dienone is 6. The maximum absolute atomic E-state index is 11.5. The summed E-state index contributed by atoms with van der Waals surface area (Å²) in [5.74, 6) is 3.30. The molecule has 0 N–H and O–H groups in total. The third-order valence-electron chi connectivity index (χ3n) is 3.99. The smallest absolute Gasteiger partial charge is 0.384 e. The van der Waals surface area contributed by atoms with Gasteiger partial charge in [0.25, 0.3) is 0 Å². The second-order valence-electron chi connectivity index (χ2n) is 5.69. The van der Waals surface area contributed by atoms with Crippen molar-refractivity contribution < 1.29 is 38.2 Å². The molecule has 8 heteroatoms. The molecule has 3 aliphatic carbocycles. The molecule has 3 rings (SSSR count). The van der Waals surface area contributed by atoms with E-state index in [1.807, 2.05) is 12.2 Å². The van der Waals surface area contributed by atoms with E-state index in [0.717, 1.165) is 12.8 Å². The highest BCUT2D eigenvalue weighted by molar-refractivity contribution is 6.03. The summed E-state index contributed by atoms with van der Waals surface area (Å²) < 4.78 is 13.5. The number of rotatable bonds is 2. The van der Waals surface area contributed by atoms with Crippen LogP contribution in [0.2, 0.25) is 0 Å². The summed E-state index contributed by atoms with van der Waals surface area (Å²) >= 11 is 0. The van der Waals surface area contributed by atoms with Crippen LogP contribution in [0.1, 0.15) is 19.8 Å². The minimum absolute atomic E-state index is 0.0246. The number of hydrogen-bond acceptors (Lipinski definition) is 8. The molecule has 0 aliphatic heterocycles. The molecule has 0 aromatic rings. The molecule has 3 aliphatic rings. The predicted octanol–water partition coefficient (Wildman–Crippen LogP) is 1.94. The molecule has 0 spiro atoms. The second kappa shape index (κ2) is 15.3. The highest BCUT2D eigenvalue weighted by atomic mass is 16.5. The van der Waals surface area contributed by atoms with E-state index in [4.69, 9.17) is 9.59 Å². The molecule has 0 radical (unpaired) electrons. The number of carbonyl (C=O) groups is 3. The Labute approximate surface area is 175 Å². The van der Waals surface area contributed by atoms with Gasteiger partial charge < -0.3 is 14.2 Å². The van der Waals surface area contributed by atoms with Crippen LogP contribution in [0.5, 0.6) is 0 Å². The van der Waals surface area contributed by atoms with Gasteiger partial charge in [0.15, 0.2) is 0 Å². The van der Waals surface area contributed by atoms with Crippen molar-refractivity contribution in [1.82, 2.24) is 0 Å². The molecule has 8 nitrogen and oxygen atoms in total. The fraction of sp³-hybridized carbons (Fsp3) is 0.364. The minimum atomic E-state index is -0.484. The van der Waals surface area contributed by atoms with Gasteiger partial charge in [-0.25, -0.2) is 14.4 Å². The molecule has 0 saturated heterocycles. The summed E-state index contributed by atoms with van der Waals surface area (Å²) in [6.07, 6.45) is 14.4. The van der Waals surface area contributed by atoms with E-state index in [-0.39, 0.29) is 18.0 Å². The van der Waals surface area contributed by atoms with E-state index in [2.05, 4.69) is 50.4 Å². The highest BCUT2D eigenvalue weighted by Gasteiger charge is 2.42. The van der Waals surface area contributed by atoms with Gasteiger partial charge in [-0.15, -0.1) is 0 Å². The van der Waals surface area contributed by atoms with Crippen molar-refractivity contribution in [1.29, 1.82) is 0 Å². The Kier molecular flexibility index (Phi) is 13.4. The zero-order chi connectivity index (χ0) is 22.9. The van der Waals surface area contributed by atoms with Gasteiger partial charge in [-0.2, -0.15) is 9.59 Å². The molecule has 0 fully saturated rings. The number of esters is 3. The zero-order valence-corrected chi connectivity index (χ0v) is 17.3. The van der Waals surface area contributed by atoms with Gasteiger partial charge in [-0.3, -0.25) is 0 Å². The summed E-state index contributed by atoms with van der Waals surface area (Å²) in [6, 6.07) is 0. The van der Waals surface area contributed by atoms with Gasteiger partial charge in [0.1, 0.15) is 0 Å². The summed E-state index contributed by atoms with van der Waals surface area (Å²) in [5.41, 5.74) is 0.939. The first-order chi connectivity index (χ1) is 14.4. The first-order valence-electron chi connectivity index (χ1n) is 8.82. The molecule has 2 unspecified atom stereocenters. The Bertz CT molecular complexity index is 783. The fourth-order valence-electron chi connectivity index (χ4n) is 2.82. The van der Waals surface area contributed by atoms with Crippen LogP contribution in [0.3, 0.4) is 0 Å². The number of carbonyl (C=O) groups excluding carboxylic acids is 5. The number of methoxy groups -OCH3 is 3. The van der Waals surface area contributed by atoms with Crippen LogP contribution >= 0.6 is 0 Å². The SMILES string of the molecule is C1=CCC=C1.CC#CC(=O)OC.COC(=O)C1=C(C(=O)OC)C2C=CC1C2.O=C=O. The number of hydrogen-bond donors (Lipinski definition) is 0. The van der Waals surface area contributed by atoms with Crippen LogP contribution in [0, 0.1) is 23.7 Å². The Balaban J connectivity index is 0.000000464. The van der Waals surface area contributed by atoms with Crippen LogP contribution in [0.25, 0.3) is 0 Å².